The molecule has 1 amide bonds. The molecule has 1 N–H and O–H groups in total. The van der Waals surface area contributed by atoms with Crippen LogP contribution in [0.2, 0.25) is 0 Å². The molecule has 1 saturated heterocycles. The molecule has 0 saturated carbocycles. The van der Waals surface area contributed by atoms with Gasteiger partial charge < -0.3 is 15.0 Å². The fraction of sp³-hybridized carbons (Fsp3) is 0.381. The molecule has 1 fully saturated rings. The van der Waals surface area contributed by atoms with Gasteiger partial charge in [0.25, 0.3) is 5.91 Å². The molecule has 2 aromatic carbocycles. The Labute approximate surface area is 163 Å². The highest BCUT2D eigenvalue weighted by Crippen LogP contribution is 2.20. The molecule has 5 nitrogen and oxygen atoms in total. The molecule has 150 valence electrons. The number of halogens is 2. The summed E-state index contributed by atoms with van der Waals surface area (Å²) < 4.78 is 32.0. The van der Waals surface area contributed by atoms with Gasteiger partial charge in [0.2, 0.25) is 0 Å². The van der Waals surface area contributed by atoms with Crippen molar-refractivity contribution in [3.63, 3.8) is 0 Å². The molecule has 7 heteroatoms. The van der Waals surface area contributed by atoms with Gasteiger partial charge in [-0.2, -0.15) is 0 Å². The van der Waals surface area contributed by atoms with Gasteiger partial charge in [0.15, 0.2) is 6.61 Å². The summed E-state index contributed by atoms with van der Waals surface area (Å²) in [5, 5.41) is 2.82. The molecule has 0 bridgehead atoms. The number of nitrogens with zero attached hydrogens (tertiary/aromatic N) is 2. The summed E-state index contributed by atoms with van der Waals surface area (Å²) in [6, 6.07) is 12.4. The third kappa shape index (κ3) is 5.92. The van der Waals surface area contributed by atoms with Crippen molar-refractivity contribution in [2.45, 2.75) is 6.42 Å². The Hall–Kier alpha value is -2.67. The highest BCUT2D eigenvalue weighted by Gasteiger charge is 2.18. The first kappa shape index (κ1) is 20.1. The van der Waals surface area contributed by atoms with Crippen LogP contribution in [0.25, 0.3) is 0 Å². The number of carbonyl (C=O) groups excluding carboxylic acids is 1. The van der Waals surface area contributed by atoms with E-state index in [4.69, 9.17) is 4.74 Å². The van der Waals surface area contributed by atoms with Crippen molar-refractivity contribution in [1.29, 1.82) is 0 Å². The van der Waals surface area contributed by atoms with Crippen LogP contribution in [-0.4, -0.2) is 56.7 Å². The van der Waals surface area contributed by atoms with E-state index < -0.39 is 0 Å². The summed E-state index contributed by atoms with van der Waals surface area (Å²) in [6.45, 7) is 4.68. The largest absolute Gasteiger partial charge is 0.484 e. The Bertz CT molecular complexity index is 763. The van der Waals surface area contributed by atoms with E-state index in [-0.39, 0.29) is 24.1 Å². The standard InChI is InChI=1S/C21H25F2N3O2/c22-17-6-8-18(9-7-17)28-16-21(27)24-10-3-11-25-12-14-26(15-13-25)20-5-2-1-4-19(20)23/h1-2,4-9H,3,10-16H2,(H,24,27). The number of ether oxygens (including phenoxy) is 1. The van der Waals surface area contributed by atoms with E-state index in [0.29, 0.717) is 18.0 Å². The van der Waals surface area contributed by atoms with Gasteiger partial charge in [0, 0.05) is 32.7 Å². The summed E-state index contributed by atoms with van der Waals surface area (Å²) in [5.41, 5.74) is 0.663. The summed E-state index contributed by atoms with van der Waals surface area (Å²) in [6.07, 6.45) is 0.835. The first-order valence-electron chi connectivity index (χ1n) is 9.49. The van der Waals surface area contributed by atoms with Crippen LogP contribution in [0, 0.1) is 11.6 Å². The van der Waals surface area contributed by atoms with Crippen LogP contribution in [-0.2, 0) is 4.79 Å². The Balaban J connectivity index is 1.28. The molecular weight excluding hydrogens is 364 g/mol. The number of benzene rings is 2. The maximum Gasteiger partial charge on any atom is 0.257 e. The molecule has 1 heterocycles. The minimum Gasteiger partial charge on any atom is -0.484 e. The van der Waals surface area contributed by atoms with Crippen molar-refractivity contribution in [1.82, 2.24) is 10.2 Å². The van der Waals surface area contributed by atoms with Crippen LogP contribution in [0.4, 0.5) is 14.5 Å². The maximum atomic E-state index is 13.9. The average molecular weight is 389 g/mol. The summed E-state index contributed by atoms with van der Waals surface area (Å²) in [7, 11) is 0. The van der Waals surface area contributed by atoms with Crippen molar-refractivity contribution in [2.24, 2.45) is 0 Å². The van der Waals surface area contributed by atoms with E-state index in [0.717, 1.165) is 39.1 Å². The number of piperazine rings is 1. The summed E-state index contributed by atoms with van der Waals surface area (Å²) in [5.74, 6) is -0.258. The maximum absolute atomic E-state index is 13.9. The summed E-state index contributed by atoms with van der Waals surface area (Å²) in [4.78, 5) is 16.2. The monoisotopic (exact) mass is 389 g/mol. The van der Waals surface area contributed by atoms with Crippen LogP contribution in [0.5, 0.6) is 5.75 Å². The molecule has 0 aliphatic carbocycles. The van der Waals surface area contributed by atoms with Gasteiger partial charge in [0.1, 0.15) is 17.4 Å². The van der Waals surface area contributed by atoms with Crippen molar-refractivity contribution in [3.8, 4) is 5.75 Å². The van der Waals surface area contributed by atoms with Crippen molar-refractivity contribution in [3.05, 3.63) is 60.2 Å². The number of anilines is 1. The minimum atomic E-state index is -0.341. The lowest BCUT2D eigenvalue weighted by Crippen LogP contribution is -2.47. The highest BCUT2D eigenvalue weighted by atomic mass is 19.1. The van der Waals surface area contributed by atoms with Gasteiger partial charge in [-0.25, -0.2) is 8.78 Å². The number of para-hydroxylation sites is 1. The number of hydrogen-bond donors (Lipinski definition) is 1. The third-order valence-electron chi connectivity index (χ3n) is 4.72. The molecule has 0 unspecified atom stereocenters. The number of rotatable bonds is 8. The van der Waals surface area contributed by atoms with Gasteiger partial charge in [-0.05, 0) is 49.4 Å². The summed E-state index contributed by atoms with van der Waals surface area (Å²) >= 11 is 0. The zero-order chi connectivity index (χ0) is 19.8. The quantitative estimate of drug-likeness (QED) is 0.705. The molecular formula is C21H25F2N3O2. The van der Waals surface area contributed by atoms with Crippen LogP contribution < -0.4 is 15.0 Å². The normalized spacial score (nSPS) is 14.7. The van der Waals surface area contributed by atoms with Crippen molar-refractivity contribution in [2.75, 3.05) is 50.8 Å². The first-order valence-corrected chi connectivity index (χ1v) is 9.49. The second kappa shape index (κ2) is 10.0. The van der Waals surface area contributed by atoms with Crippen molar-refractivity contribution >= 4 is 11.6 Å². The van der Waals surface area contributed by atoms with E-state index in [1.165, 1.54) is 30.3 Å². The average Bonchev–Trinajstić information content (AvgIpc) is 2.72. The number of amides is 1. The van der Waals surface area contributed by atoms with E-state index in [1.54, 1.807) is 6.07 Å². The van der Waals surface area contributed by atoms with E-state index in [9.17, 15) is 13.6 Å². The lowest BCUT2D eigenvalue weighted by atomic mass is 10.2. The molecule has 1 aliphatic heterocycles. The lowest BCUT2D eigenvalue weighted by Gasteiger charge is -2.36. The molecule has 0 atom stereocenters. The Morgan fingerprint density at radius 2 is 1.71 bits per heavy atom. The van der Waals surface area contributed by atoms with Crippen LogP contribution in [0.3, 0.4) is 0 Å². The molecule has 2 aromatic rings. The van der Waals surface area contributed by atoms with E-state index >= 15 is 0 Å². The number of hydrogen-bond acceptors (Lipinski definition) is 4. The Morgan fingerprint density at radius 3 is 2.43 bits per heavy atom. The molecule has 0 aromatic heterocycles. The predicted molar refractivity (Wildman–Crippen MR) is 105 cm³/mol. The van der Waals surface area contributed by atoms with E-state index in [2.05, 4.69) is 15.1 Å². The van der Waals surface area contributed by atoms with E-state index in [1.807, 2.05) is 12.1 Å². The second-order valence-corrected chi connectivity index (χ2v) is 6.73. The Morgan fingerprint density at radius 1 is 1.00 bits per heavy atom. The Kier molecular flexibility index (Phi) is 7.19. The van der Waals surface area contributed by atoms with Crippen molar-refractivity contribution < 1.29 is 18.3 Å². The van der Waals surface area contributed by atoms with Gasteiger partial charge in [-0.1, -0.05) is 12.1 Å². The zero-order valence-electron chi connectivity index (χ0n) is 15.7. The highest BCUT2D eigenvalue weighted by molar-refractivity contribution is 5.77. The molecule has 0 spiro atoms. The lowest BCUT2D eigenvalue weighted by molar-refractivity contribution is -0.123. The molecule has 0 radical (unpaired) electrons. The third-order valence-corrected chi connectivity index (χ3v) is 4.72. The second-order valence-electron chi connectivity index (χ2n) is 6.73. The fourth-order valence-electron chi connectivity index (χ4n) is 3.18. The first-order chi connectivity index (χ1) is 13.6. The molecule has 28 heavy (non-hydrogen) atoms. The molecule has 3 rings (SSSR count). The smallest absolute Gasteiger partial charge is 0.257 e. The van der Waals surface area contributed by atoms with Gasteiger partial charge in [0.05, 0.1) is 5.69 Å². The SMILES string of the molecule is O=C(COc1ccc(F)cc1)NCCCN1CCN(c2ccccc2F)CC1. The van der Waals surface area contributed by atoms with Crippen LogP contribution in [0.15, 0.2) is 48.5 Å². The minimum absolute atomic E-state index is 0.0903. The zero-order valence-corrected chi connectivity index (χ0v) is 15.7. The van der Waals surface area contributed by atoms with Gasteiger partial charge in [-0.15, -0.1) is 0 Å². The number of nitrogens with one attached hydrogen (secondary N) is 1. The molecule has 1 aliphatic rings. The van der Waals surface area contributed by atoms with Gasteiger partial charge >= 0.3 is 0 Å². The number of carbonyl (C=O) groups is 1. The topological polar surface area (TPSA) is 44.8 Å². The predicted octanol–water partition coefficient (Wildman–Crippen LogP) is 2.67. The van der Waals surface area contributed by atoms with Crippen LogP contribution in [0.1, 0.15) is 6.42 Å². The fourth-order valence-corrected chi connectivity index (χ4v) is 3.18. The van der Waals surface area contributed by atoms with Gasteiger partial charge in [-0.3, -0.25) is 9.69 Å². The van der Waals surface area contributed by atoms with Crippen LogP contribution >= 0.6 is 0 Å².